The van der Waals surface area contributed by atoms with Gasteiger partial charge in [-0.15, -0.1) is 0 Å². The van der Waals surface area contributed by atoms with Crippen molar-refractivity contribution >= 4 is 5.91 Å². The van der Waals surface area contributed by atoms with E-state index >= 15 is 0 Å². The number of nitrogens with zero attached hydrogens (tertiary/aromatic N) is 2. The van der Waals surface area contributed by atoms with Crippen molar-refractivity contribution in [2.75, 3.05) is 33.3 Å². The third-order valence-corrected chi connectivity index (χ3v) is 4.83. The van der Waals surface area contributed by atoms with Crippen LogP contribution in [0, 0.1) is 0 Å². The van der Waals surface area contributed by atoms with Gasteiger partial charge >= 0.3 is 0 Å². The topological polar surface area (TPSA) is 53.0 Å². The number of benzene rings is 1. The van der Waals surface area contributed by atoms with Gasteiger partial charge in [-0.3, -0.25) is 9.69 Å². The number of rotatable bonds is 3. The Morgan fingerprint density at radius 3 is 2.64 bits per heavy atom. The third-order valence-electron chi connectivity index (χ3n) is 4.83. The molecule has 0 bridgehead atoms. The van der Waals surface area contributed by atoms with E-state index < -0.39 is 0 Å². The molecule has 1 aromatic carbocycles. The van der Waals surface area contributed by atoms with Crippen LogP contribution < -0.4 is 4.74 Å². The van der Waals surface area contributed by atoms with Crippen LogP contribution in [-0.4, -0.2) is 66.2 Å². The zero-order valence-corrected chi connectivity index (χ0v) is 13.1. The minimum Gasteiger partial charge on any atom is -0.497 e. The van der Waals surface area contributed by atoms with Gasteiger partial charge in [0.05, 0.1) is 13.2 Å². The van der Waals surface area contributed by atoms with Crippen molar-refractivity contribution in [2.45, 2.75) is 31.4 Å². The van der Waals surface area contributed by atoms with Crippen molar-refractivity contribution in [2.24, 2.45) is 0 Å². The molecular formula is C17H24N2O3. The number of ether oxygens (including phenoxy) is 1. The number of piperazine rings is 1. The summed E-state index contributed by atoms with van der Waals surface area (Å²) < 4.78 is 5.18. The number of aliphatic hydroxyl groups excluding tert-OH is 1. The highest BCUT2D eigenvalue weighted by Gasteiger charge is 2.33. The number of methoxy groups -OCH3 is 1. The highest BCUT2D eigenvalue weighted by Crippen LogP contribution is 2.25. The van der Waals surface area contributed by atoms with Crippen molar-refractivity contribution in [3.05, 3.63) is 29.8 Å². The van der Waals surface area contributed by atoms with Gasteiger partial charge in [-0.1, -0.05) is 6.07 Å². The largest absolute Gasteiger partial charge is 0.497 e. The number of carbonyl (C=O) groups is 1. The molecule has 120 valence electrons. The maximum atomic E-state index is 12.6. The predicted octanol–water partition coefficient (Wildman–Crippen LogP) is 1.37. The van der Waals surface area contributed by atoms with Crippen molar-refractivity contribution in [3.63, 3.8) is 0 Å². The van der Waals surface area contributed by atoms with Crippen LogP contribution >= 0.6 is 0 Å². The van der Waals surface area contributed by atoms with Gasteiger partial charge in [0.1, 0.15) is 5.75 Å². The van der Waals surface area contributed by atoms with Crippen LogP contribution in [0.2, 0.25) is 0 Å². The molecule has 2 fully saturated rings. The lowest BCUT2D eigenvalue weighted by molar-refractivity contribution is 0.0315. The Morgan fingerprint density at radius 2 is 2.00 bits per heavy atom. The van der Waals surface area contributed by atoms with Crippen molar-refractivity contribution in [3.8, 4) is 5.75 Å². The summed E-state index contributed by atoms with van der Waals surface area (Å²) in [5, 5.41) is 10.0. The second kappa shape index (κ2) is 6.67. The average Bonchev–Trinajstić information content (AvgIpc) is 3.00. The summed E-state index contributed by atoms with van der Waals surface area (Å²) in [6.07, 6.45) is 2.90. The standard InChI is InChI=1S/C17H24N2O3/c1-22-14-5-2-4-13(12-14)17(21)19-10-8-18(9-11-19)15-6-3-7-16(15)20/h2,4-5,12,15-16,20H,3,6-11H2,1H3/t15-,16-/m0/s1. The van der Waals surface area contributed by atoms with E-state index in [1.54, 1.807) is 13.2 Å². The summed E-state index contributed by atoms with van der Waals surface area (Å²) in [4.78, 5) is 16.8. The van der Waals surface area contributed by atoms with E-state index in [1.165, 1.54) is 0 Å². The van der Waals surface area contributed by atoms with Crippen LogP contribution in [0.25, 0.3) is 0 Å². The van der Waals surface area contributed by atoms with E-state index in [0.29, 0.717) is 11.3 Å². The first-order valence-electron chi connectivity index (χ1n) is 8.04. The monoisotopic (exact) mass is 304 g/mol. The molecule has 1 aliphatic heterocycles. The van der Waals surface area contributed by atoms with Gasteiger partial charge in [0.25, 0.3) is 5.91 Å². The fraction of sp³-hybridized carbons (Fsp3) is 0.588. The molecule has 1 amide bonds. The number of hydrogen-bond donors (Lipinski definition) is 1. The summed E-state index contributed by atoms with van der Waals surface area (Å²) in [6.45, 7) is 3.13. The molecule has 0 aromatic heterocycles. The molecular weight excluding hydrogens is 280 g/mol. The Morgan fingerprint density at radius 1 is 1.23 bits per heavy atom. The molecule has 1 heterocycles. The maximum absolute atomic E-state index is 12.6. The second-order valence-electron chi connectivity index (χ2n) is 6.13. The molecule has 1 aromatic rings. The van der Waals surface area contributed by atoms with E-state index in [2.05, 4.69) is 4.90 Å². The van der Waals surface area contributed by atoms with Gasteiger partial charge in [0.15, 0.2) is 0 Å². The van der Waals surface area contributed by atoms with Crippen LogP contribution in [0.1, 0.15) is 29.6 Å². The molecule has 2 aliphatic rings. The maximum Gasteiger partial charge on any atom is 0.254 e. The molecule has 2 atom stereocenters. The summed E-state index contributed by atoms with van der Waals surface area (Å²) in [6, 6.07) is 7.59. The van der Waals surface area contributed by atoms with Gasteiger partial charge < -0.3 is 14.7 Å². The molecule has 1 saturated heterocycles. The van der Waals surface area contributed by atoms with E-state index in [0.717, 1.165) is 45.4 Å². The summed E-state index contributed by atoms with van der Waals surface area (Å²) >= 11 is 0. The van der Waals surface area contributed by atoms with Crippen LogP contribution in [0.5, 0.6) is 5.75 Å². The molecule has 1 saturated carbocycles. The van der Waals surface area contributed by atoms with Crippen molar-refractivity contribution in [1.29, 1.82) is 0 Å². The molecule has 22 heavy (non-hydrogen) atoms. The van der Waals surface area contributed by atoms with Crippen LogP contribution in [-0.2, 0) is 0 Å². The lowest BCUT2D eigenvalue weighted by atomic mass is 10.1. The Labute approximate surface area is 131 Å². The van der Waals surface area contributed by atoms with E-state index in [-0.39, 0.29) is 18.1 Å². The molecule has 3 rings (SSSR count). The van der Waals surface area contributed by atoms with Gasteiger partial charge in [0.2, 0.25) is 0 Å². The highest BCUT2D eigenvalue weighted by atomic mass is 16.5. The SMILES string of the molecule is COc1cccc(C(=O)N2CCN([C@H]3CCC[C@@H]3O)CC2)c1. The van der Waals surface area contributed by atoms with E-state index in [9.17, 15) is 9.90 Å². The van der Waals surface area contributed by atoms with E-state index in [4.69, 9.17) is 4.74 Å². The molecule has 1 aliphatic carbocycles. The molecule has 0 spiro atoms. The van der Waals surface area contributed by atoms with Crippen molar-refractivity contribution in [1.82, 2.24) is 9.80 Å². The first kappa shape index (κ1) is 15.3. The Balaban J connectivity index is 1.59. The minimum absolute atomic E-state index is 0.0607. The summed E-state index contributed by atoms with van der Waals surface area (Å²) in [5.74, 6) is 0.768. The van der Waals surface area contributed by atoms with Crippen LogP contribution in [0.4, 0.5) is 0 Å². The Hall–Kier alpha value is -1.59. The molecule has 5 heteroatoms. The molecule has 0 radical (unpaired) electrons. The molecule has 0 unspecified atom stereocenters. The van der Waals surface area contributed by atoms with Crippen LogP contribution in [0.15, 0.2) is 24.3 Å². The zero-order chi connectivity index (χ0) is 15.5. The zero-order valence-electron chi connectivity index (χ0n) is 13.1. The van der Waals surface area contributed by atoms with Gasteiger partial charge in [-0.05, 0) is 37.5 Å². The lowest BCUT2D eigenvalue weighted by Crippen LogP contribution is -2.53. The molecule has 1 N–H and O–H groups in total. The van der Waals surface area contributed by atoms with Crippen LogP contribution in [0.3, 0.4) is 0 Å². The lowest BCUT2D eigenvalue weighted by Gasteiger charge is -2.39. The number of aliphatic hydroxyl groups is 1. The Kier molecular flexibility index (Phi) is 4.64. The average molecular weight is 304 g/mol. The van der Waals surface area contributed by atoms with Gasteiger partial charge in [-0.2, -0.15) is 0 Å². The van der Waals surface area contributed by atoms with Gasteiger partial charge in [0, 0.05) is 37.8 Å². The second-order valence-corrected chi connectivity index (χ2v) is 6.13. The minimum atomic E-state index is -0.194. The highest BCUT2D eigenvalue weighted by molar-refractivity contribution is 5.94. The fourth-order valence-electron chi connectivity index (χ4n) is 3.54. The predicted molar refractivity (Wildman–Crippen MR) is 84.1 cm³/mol. The number of hydrogen-bond acceptors (Lipinski definition) is 4. The first-order chi connectivity index (χ1) is 10.7. The summed E-state index contributed by atoms with van der Waals surface area (Å²) in [7, 11) is 1.61. The quantitative estimate of drug-likeness (QED) is 0.916. The third kappa shape index (κ3) is 3.10. The van der Waals surface area contributed by atoms with E-state index in [1.807, 2.05) is 23.1 Å². The Bertz CT molecular complexity index is 526. The van der Waals surface area contributed by atoms with Gasteiger partial charge in [-0.25, -0.2) is 0 Å². The number of amides is 1. The normalized spacial score (nSPS) is 26.2. The first-order valence-corrected chi connectivity index (χ1v) is 8.04. The fourth-order valence-corrected chi connectivity index (χ4v) is 3.54. The molecule has 5 nitrogen and oxygen atoms in total. The smallest absolute Gasteiger partial charge is 0.254 e. The van der Waals surface area contributed by atoms with Crippen molar-refractivity contribution < 1.29 is 14.6 Å². The number of carbonyl (C=O) groups excluding carboxylic acids is 1. The summed E-state index contributed by atoms with van der Waals surface area (Å²) in [5.41, 5.74) is 0.675.